The summed E-state index contributed by atoms with van der Waals surface area (Å²) < 4.78 is 0. The van der Waals surface area contributed by atoms with Gasteiger partial charge < -0.3 is 10.4 Å². The van der Waals surface area contributed by atoms with Crippen molar-refractivity contribution in [2.24, 2.45) is 11.8 Å². The van der Waals surface area contributed by atoms with Crippen LogP contribution in [0.4, 0.5) is 0 Å². The van der Waals surface area contributed by atoms with Gasteiger partial charge in [-0.25, -0.2) is 0 Å². The number of rotatable bonds is 3. The molecule has 2 N–H and O–H groups in total. The third-order valence-electron chi connectivity index (χ3n) is 3.78. The van der Waals surface area contributed by atoms with E-state index in [-0.39, 0.29) is 6.10 Å². The highest BCUT2D eigenvalue weighted by Crippen LogP contribution is 2.29. The van der Waals surface area contributed by atoms with Crippen molar-refractivity contribution in [3.63, 3.8) is 0 Å². The number of nitrogens with one attached hydrogen (secondary N) is 1. The SMILES string of the molecule is CC(O)C1CNCCC1Cc1ccc(Cl)c(Cl)c1. The lowest BCUT2D eigenvalue weighted by Gasteiger charge is -2.34. The summed E-state index contributed by atoms with van der Waals surface area (Å²) in [5, 5.41) is 14.4. The maximum absolute atomic E-state index is 9.84. The highest BCUT2D eigenvalue weighted by atomic mass is 35.5. The van der Waals surface area contributed by atoms with Gasteiger partial charge in [-0.05, 0) is 49.9 Å². The molecule has 18 heavy (non-hydrogen) atoms. The first-order chi connectivity index (χ1) is 8.58. The van der Waals surface area contributed by atoms with Crippen LogP contribution in [0, 0.1) is 11.8 Å². The van der Waals surface area contributed by atoms with E-state index in [4.69, 9.17) is 23.2 Å². The molecule has 1 aromatic rings. The average Bonchev–Trinajstić information content (AvgIpc) is 2.34. The molecule has 1 saturated heterocycles. The predicted molar refractivity (Wildman–Crippen MR) is 76.3 cm³/mol. The summed E-state index contributed by atoms with van der Waals surface area (Å²) in [6.45, 7) is 3.79. The van der Waals surface area contributed by atoms with Gasteiger partial charge in [0.1, 0.15) is 0 Å². The Bertz CT molecular complexity index is 409. The minimum atomic E-state index is -0.273. The predicted octanol–water partition coefficient (Wildman–Crippen LogP) is 3.14. The number of aliphatic hydroxyl groups is 1. The molecule has 2 nitrogen and oxygen atoms in total. The van der Waals surface area contributed by atoms with Crippen LogP contribution in [0.25, 0.3) is 0 Å². The van der Waals surface area contributed by atoms with E-state index in [9.17, 15) is 5.11 Å². The molecule has 0 amide bonds. The Balaban J connectivity index is 2.08. The molecule has 1 fully saturated rings. The minimum Gasteiger partial charge on any atom is -0.393 e. The molecular weight excluding hydrogens is 269 g/mol. The number of benzene rings is 1. The van der Waals surface area contributed by atoms with E-state index in [0.717, 1.165) is 25.9 Å². The van der Waals surface area contributed by atoms with Crippen LogP contribution in [-0.4, -0.2) is 24.3 Å². The van der Waals surface area contributed by atoms with Gasteiger partial charge in [0.05, 0.1) is 16.1 Å². The lowest BCUT2D eigenvalue weighted by Crippen LogP contribution is -2.42. The van der Waals surface area contributed by atoms with Crippen molar-refractivity contribution >= 4 is 23.2 Å². The number of piperidine rings is 1. The molecule has 2 rings (SSSR count). The van der Waals surface area contributed by atoms with Gasteiger partial charge in [0.2, 0.25) is 0 Å². The summed E-state index contributed by atoms with van der Waals surface area (Å²) in [7, 11) is 0. The van der Waals surface area contributed by atoms with Crippen molar-refractivity contribution in [3.05, 3.63) is 33.8 Å². The molecule has 0 aromatic heterocycles. The molecule has 1 aliphatic heterocycles. The Hall–Kier alpha value is -0.280. The van der Waals surface area contributed by atoms with Crippen LogP contribution in [0.15, 0.2) is 18.2 Å². The largest absolute Gasteiger partial charge is 0.393 e. The Morgan fingerprint density at radius 1 is 1.39 bits per heavy atom. The van der Waals surface area contributed by atoms with Crippen molar-refractivity contribution in [3.8, 4) is 0 Å². The van der Waals surface area contributed by atoms with Gasteiger partial charge in [-0.1, -0.05) is 29.3 Å². The van der Waals surface area contributed by atoms with Crippen molar-refractivity contribution < 1.29 is 5.11 Å². The molecular formula is C14H19Cl2NO. The average molecular weight is 288 g/mol. The summed E-state index contributed by atoms with van der Waals surface area (Å²) in [5.41, 5.74) is 1.20. The first-order valence-electron chi connectivity index (χ1n) is 6.40. The lowest BCUT2D eigenvalue weighted by atomic mass is 9.79. The smallest absolute Gasteiger partial charge is 0.0595 e. The molecule has 1 aromatic carbocycles. The van der Waals surface area contributed by atoms with Crippen LogP contribution in [-0.2, 0) is 6.42 Å². The van der Waals surface area contributed by atoms with Crippen LogP contribution < -0.4 is 5.32 Å². The van der Waals surface area contributed by atoms with E-state index in [1.165, 1.54) is 5.56 Å². The van der Waals surface area contributed by atoms with Gasteiger partial charge >= 0.3 is 0 Å². The summed E-state index contributed by atoms with van der Waals surface area (Å²) in [6, 6.07) is 5.80. The monoisotopic (exact) mass is 287 g/mol. The zero-order valence-electron chi connectivity index (χ0n) is 10.5. The van der Waals surface area contributed by atoms with Crippen molar-refractivity contribution in [1.82, 2.24) is 5.32 Å². The number of hydrogen-bond acceptors (Lipinski definition) is 2. The van der Waals surface area contributed by atoms with Crippen molar-refractivity contribution in [1.29, 1.82) is 0 Å². The van der Waals surface area contributed by atoms with Gasteiger partial charge in [0, 0.05) is 12.5 Å². The second kappa shape index (κ2) is 6.25. The molecule has 3 atom stereocenters. The Morgan fingerprint density at radius 3 is 2.83 bits per heavy atom. The van der Waals surface area contributed by atoms with Gasteiger partial charge in [-0.15, -0.1) is 0 Å². The lowest BCUT2D eigenvalue weighted by molar-refractivity contribution is 0.0700. The Labute approximate surface area is 118 Å². The van der Waals surface area contributed by atoms with E-state index < -0.39 is 0 Å². The van der Waals surface area contributed by atoms with Crippen LogP contribution in [0.1, 0.15) is 18.9 Å². The fraction of sp³-hybridized carbons (Fsp3) is 0.571. The zero-order chi connectivity index (χ0) is 13.1. The summed E-state index contributed by atoms with van der Waals surface area (Å²) in [6.07, 6.45) is 1.77. The number of hydrogen-bond donors (Lipinski definition) is 2. The fourth-order valence-corrected chi connectivity index (χ4v) is 3.04. The second-order valence-electron chi connectivity index (χ2n) is 5.11. The summed E-state index contributed by atoms with van der Waals surface area (Å²) in [4.78, 5) is 0. The van der Waals surface area contributed by atoms with Crippen molar-refractivity contribution in [2.45, 2.75) is 25.9 Å². The maximum Gasteiger partial charge on any atom is 0.0595 e. The first kappa shape index (κ1) is 14.1. The number of halogens is 2. The van der Waals surface area contributed by atoms with Crippen LogP contribution in [0.5, 0.6) is 0 Å². The summed E-state index contributed by atoms with van der Waals surface area (Å²) >= 11 is 12.0. The number of aliphatic hydroxyl groups excluding tert-OH is 1. The molecule has 3 unspecified atom stereocenters. The van der Waals surface area contributed by atoms with E-state index in [0.29, 0.717) is 21.9 Å². The third kappa shape index (κ3) is 3.39. The van der Waals surface area contributed by atoms with Gasteiger partial charge in [-0.2, -0.15) is 0 Å². The molecule has 1 aliphatic rings. The molecule has 4 heteroatoms. The molecule has 1 heterocycles. The highest BCUT2D eigenvalue weighted by Gasteiger charge is 2.28. The maximum atomic E-state index is 9.84. The molecule has 0 radical (unpaired) electrons. The van der Waals surface area contributed by atoms with E-state index in [1.807, 2.05) is 25.1 Å². The molecule has 0 bridgehead atoms. The van der Waals surface area contributed by atoms with E-state index >= 15 is 0 Å². The topological polar surface area (TPSA) is 32.3 Å². The quantitative estimate of drug-likeness (QED) is 0.895. The molecule has 0 spiro atoms. The molecule has 0 aliphatic carbocycles. The van der Waals surface area contributed by atoms with Crippen LogP contribution >= 0.6 is 23.2 Å². The van der Waals surface area contributed by atoms with Crippen LogP contribution in [0.3, 0.4) is 0 Å². The Morgan fingerprint density at radius 2 is 2.17 bits per heavy atom. The minimum absolute atomic E-state index is 0.273. The van der Waals surface area contributed by atoms with Crippen LogP contribution in [0.2, 0.25) is 10.0 Å². The first-order valence-corrected chi connectivity index (χ1v) is 7.16. The highest BCUT2D eigenvalue weighted by molar-refractivity contribution is 6.42. The molecule has 100 valence electrons. The zero-order valence-corrected chi connectivity index (χ0v) is 12.0. The third-order valence-corrected chi connectivity index (χ3v) is 4.52. The summed E-state index contributed by atoms with van der Waals surface area (Å²) in [5.74, 6) is 0.816. The van der Waals surface area contributed by atoms with Crippen molar-refractivity contribution in [2.75, 3.05) is 13.1 Å². The fourth-order valence-electron chi connectivity index (χ4n) is 2.72. The van der Waals surface area contributed by atoms with Gasteiger partial charge in [0.25, 0.3) is 0 Å². The Kier molecular flexibility index (Phi) is 4.91. The normalized spacial score (nSPS) is 26.0. The van der Waals surface area contributed by atoms with Gasteiger partial charge in [0.15, 0.2) is 0 Å². The standard InChI is InChI=1S/C14H19Cl2NO/c1-9(18)12-8-17-5-4-11(12)6-10-2-3-13(15)14(16)7-10/h2-3,7,9,11-12,17-18H,4-6,8H2,1H3. The van der Waals surface area contributed by atoms with E-state index in [2.05, 4.69) is 5.32 Å². The van der Waals surface area contributed by atoms with E-state index in [1.54, 1.807) is 0 Å². The van der Waals surface area contributed by atoms with Gasteiger partial charge in [-0.3, -0.25) is 0 Å². The molecule has 0 saturated carbocycles. The second-order valence-corrected chi connectivity index (χ2v) is 5.92.